The highest BCUT2D eigenvalue weighted by Gasteiger charge is 1.96. The molecule has 2 heteroatoms. The van der Waals surface area contributed by atoms with Crippen molar-refractivity contribution >= 4 is 5.97 Å². The molecule has 0 rings (SSSR count). The predicted molar refractivity (Wildman–Crippen MR) is 45.3 cm³/mol. The Bertz CT molecular complexity index is 128. The third-order valence-corrected chi connectivity index (χ3v) is 1.20. The summed E-state index contributed by atoms with van der Waals surface area (Å²) in [7, 11) is 0. The molecule has 0 fully saturated rings. The fourth-order valence-electron chi connectivity index (χ4n) is 0.652. The van der Waals surface area contributed by atoms with Crippen LogP contribution in [0.1, 0.15) is 33.1 Å². The fourth-order valence-corrected chi connectivity index (χ4v) is 0.652. The third kappa shape index (κ3) is 7.10. The molecular formula is C9H16O2. The van der Waals surface area contributed by atoms with Crippen LogP contribution < -0.4 is 0 Å². The zero-order valence-corrected chi connectivity index (χ0v) is 7.30. The Morgan fingerprint density at radius 3 is 2.64 bits per heavy atom. The van der Waals surface area contributed by atoms with Crippen molar-refractivity contribution in [1.29, 1.82) is 0 Å². The van der Waals surface area contributed by atoms with Crippen molar-refractivity contribution in [1.82, 2.24) is 0 Å². The molecule has 0 amide bonds. The van der Waals surface area contributed by atoms with E-state index in [0.717, 1.165) is 12.8 Å². The molecule has 0 aliphatic heterocycles. The molecule has 0 radical (unpaired) electrons. The minimum absolute atomic E-state index is 0.103. The van der Waals surface area contributed by atoms with Gasteiger partial charge in [-0.2, -0.15) is 0 Å². The summed E-state index contributed by atoms with van der Waals surface area (Å²) in [5, 5.41) is 0. The van der Waals surface area contributed by atoms with Crippen LogP contribution in [0.2, 0.25) is 0 Å². The molecule has 0 aromatic rings. The van der Waals surface area contributed by atoms with Crippen LogP contribution in [-0.2, 0) is 9.53 Å². The van der Waals surface area contributed by atoms with E-state index in [1.807, 2.05) is 26.0 Å². The van der Waals surface area contributed by atoms with Crippen molar-refractivity contribution in [2.75, 3.05) is 6.61 Å². The van der Waals surface area contributed by atoms with Gasteiger partial charge in [0.15, 0.2) is 0 Å². The highest BCUT2D eigenvalue weighted by molar-refractivity contribution is 5.69. The summed E-state index contributed by atoms with van der Waals surface area (Å²) in [6.45, 7) is 4.43. The Labute approximate surface area is 68.2 Å². The summed E-state index contributed by atoms with van der Waals surface area (Å²) >= 11 is 0. The van der Waals surface area contributed by atoms with E-state index in [-0.39, 0.29) is 5.97 Å². The van der Waals surface area contributed by atoms with Crippen molar-refractivity contribution < 1.29 is 9.53 Å². The van der Waals surface area contributed by atoms with Gasteiger partial charge in [-0.15, -0.1) is 0 Å². The summed E-state index contributed by atoms with van der Waals surface area (Å²) in [5.74, 6) is -0.103. The maximum absolute atomic E-state index is 10.8. The molecule has 0 atom stereocenters. The zero-order valence-electron chi connectivity index (χ0n) is 7.30. The van der Waals surface area contributed by atoms with Gasteiger partial charge in [0, 0.05) is 6.42 Å². The molecule has 0 saturated heterocycles. The largest absolute Gasteiger partial charge is 0.461 e. The molecule has 0 spiro atoms. The van der Waals surface area contributed by atoms with E-state index in [0.29, 0.717) is 13.0 Å². The number of hydrogen-bond donors (Lipinski definition) is 0. The second kappa shape index (κ2) is 7.32. The summed E-state index contributed by atoms with van der Waals surface area (Å²) in [6, 6.07) is 0. The van der Waals surface area contributed by atoms with Gasteiger partial charge < -0.3 is 4.74 Å². The molecule has 0 saturated carbocycles. The lowest BCUT2D eigenvalue weighted by Gasteiger charge is -1.98. The van der Waals surface area contributed by atoms with E-state index in [4.69, 9.17) is 4.74 Å². The molecule has 0 unspecified atom stereocenters. The number of rotatable bonds is 5. The van der Waals surface area contributed by atoms with Gasteiger partial charge in [-0.1, -0.05) is 26.0 Å². The average molecular weight is 156 g/mol. The summed E-state index contributed by atoms with van der Waals surface area (Å²) in [6.07, 6.45) is 6.23. The van der Waals surface area contributed by atoms with E-state index in [2.05, 4.69) is 0 Å². The quantitative estimate of drug-likeness (QED) is 0.451. The van der Waals surface area contributed by atoms with Gasteiger partial charge in [-0.05, 0) is 12.8 Å². The van der Waals surface area contributed by atoms with Crippen LogP contribution in [0, 0.1) is 0 Å². The molecule has 64 valence electrons. The highest BCUT2D eigenvalue weighted by Crippen LogP contribution is 1.91. The summed E-state index contributed by atoms with van der Waals surface area (Å²) in [5.41, 5.74) is 0. The molecule has 0 N–H and O–H groups in total. The second-order valence-electron chi connectivity index (χ2n) is 2.31. The van der Waals surface area contributed by atoms with E-state index in [1.165, 1.54) is 0 Å². The summed E-state index contributed by atoms with van der Waals surface area (Å²) in [4.78, 5) is 10.8. The number of carbonyl (C=O) groups excluding carboxylic acids is 1. The van der Waals surface area contributed by atoms with Crippen LogP contribution in [0.3, 0.4) is 0 Å². The van der Waals surface area contributed by atoms with Crippen molar-refractivity contribution in [3.05, 3.63) is 12.2 Å². The number of allylic oxidation sites excluding steroid dienone is 1. The maximum Gasteiger partial charge on any atom is 0.306 e. The lowest BCUT2D eigenvalue weighted by molar-refractivity contribution is -0.142. The SMILES string of the molecule is CC/C=C/COC(=O)CCC. The van der Waals surface area contributed by atoms with Crippen molar-refractivity contribution in [2.45, 2.75) is 33.1 Å². The normalized spacial score (nSPS) is 10.4. The number of carbonyl (C=O) groups is 1. The van der Waals surface area contributed by atoms with Crippen LogP contribution in [-0.4, -0.2) is 12.6 Å². The predicted octanol–water partition coefficient (Wildman–Crippen LogP) is 2.30. The first-order valence-electron chi connectivity index (χ1n) is 4.11. The van der Waals surface area contributed by atoms with E-state index < -0.39 is 0 Å². The average Bonchev–Trinajstić information content (AvgIpc) is 1.99. The molecule has 0 aliphatic rings. The van der Waals surface area contributed by atoms with Gasteiger partial charge in [-0.25, -0.2) is 0 Å². The Morgan fingerprint density at radius 2 is 2.09 bits per heavy atom. The van der Waals surface area contributed by atoms with Crippen LogP contribution in [0.4, 0.5) is 0 Å². The van der Waals surface area contributed by atoms with Crippen LogP contribution >= 0.6 is 0 Å². The number of ether oxygens (including phenoxy) is 1. The van der Waals surface area contributed by atoms with Crippen molar-refractivity contribution in [3.63, 3.8) is 0 Å². The lowest BCUT2D eigenvalue weighted by Crippen LogP contribution is -2.02. The Morgan fingerprint density at radius 1 is 1.36 bits per heavy atom. The lowest BCUT2D eigenvalue weighted by atomic mass is 10.3. The Kier molecular flexibility index (Phi) is 6.79. The molecule has 2 nitrogen and oxygen atoms in total. The molecular weight excluding hydrogens is 140 g/mol. The van der Waals surface area contributed by atoms with Gasteiger partial charge in [0.1, 0.15) is 6.61 Å². The smallest absolute Gasteiger partial charge is 0.306 e. The topological polar surface area (TPSA) is 26.3 Å². The van der Waals surface area contributed by atoms with Gasteiger partial charge >= 0.3 is 5.97 Å². The summed E-state index contributed by atoms with van der Waals surface area (Å²) < 4.78 is 4.86. The standard InChI is InChI=1S/C9H16O2/c1-3-5-6-8-11-9(10)7-4-2/h5-6H,3-4,7-8H2,1-2H3/b6-5+. The van der Waals surface area contributed by atoms with Gasteiger partial charge in [0.25, 0.3) is 0 Å². The third-order valence-electron chi connectivity index (χ3n) is 1.20. The van der Waals surface area contributed by atoms with Crippen LogP contribution in [0.25, 0.3) is 0 Å². The van der Waals surface area contributed by atoms with E-state index >= 15 is 0 Å². The number of esters is 1. The minimum atomic E-state index is -0.103. The first-order chi connectivity index (χ1) is 5.31. The van der Waals surface area contributed by atoms with Crippen LogP contribution in [0.5, 0.6) is 0 Å². The fraction of sp³-hybridized carbons (Fsp3) is 0.667. The monoisotopic (exact) mass is 156 g/mol. The zero-order chi connectivity index (χ0) is 8.53. The van der Waals surface area contributed by atoms with Gasteiger partial charge in [0.2, 0.25) is 0 Å². The minimum Gasteiger partial charge on any atom is -0.461 e. The molecule has 0 aromatic heterocycles. The van der Waals surface area contributed by atoms with Crippen molar-refractivity contribution in [3.8, 4) is 0 Å². The van der Waals surface area contributed by atoms with Crippen molar-refractivity contribution in [2.24, 2.45) is 0 Å². The maximum atomic E-state index is 10.8. The first kappa shape index (κ1) is 10.2. The van der Waals surface area contributed by atoms with E-state index in [1.54, 1.807) is 0 Å². The van der Waals surface area contributed by atoms with Gasteiger partial charge in [0.05, 0.1) is 0 Å². The van der Waals surface area contributed by atoms with Crippen LogP contribution in [0.15, 0.2) is 12.2 Å². The van der Waals surface area contributed by atoms with Gasteiger partial charge in [-0.3, -0.25) is 4.79 Å². The molecule has 0 heterocycles. The highest BCUT2D eigenvalue weighted by atomic mass is 16.5. The first-order valence-corrected chi connectivity index (χ1v) is 4.11. The Balaban J connectivity index is 3.24. The molecule has 0 bridgehead atoms. The second-order valence-corrected chi connectivity index (χ2v) is 2.31. The molecule has 11 heavy (non-hydrogen) atoms. The molecule has 0 aromatic carbocycles. The number of hydrogen-bond acceptors (Lipinski definition) is 2. The van der Waals surface area contributed by atoms with E-state index in [9.17, 15) is 4.79 Å². The molecule has 0 aliphatic carbocycles. The Hall–Kier alpha value is -0.790.